The Hall–Kier alpha value is -2.04. The molecule has 0 aliphatic rings. The molecule has 0 bridgehead atoms. The van der Waals surface area contributed by atoms with Gasteiger partial charge < -0.3 is 15.2 Å². The number of nitrogens with one attached hydrogen (secondary N) is 1. The Kier molecular flexibility index (Phi) is 5.81. The van der Waals surface area contributed by atoms with Gasteiger partial charge in [0.15, 0.2) is 0 Å². The summed E-state index contributed by atoms with van der Waals surface area (Å²) in [5.74, 6) is 0.446. The smallest absolute Gasteiger partial charge is 0.225 e. The van der Waals surface area contributed by atoms with Gasteiger partial charge >= 0.3 is 0 Å². The Morgan fingerprint density at radius 2 is 2.00 bits per heavy atom. The molecule has 1 atom stereocenters. The number of carbonyl (C=O) groups is 1. The lowest BCUT2D eigenvalue weighted by molar-refractivity contribution is -0.121. The number of ether oxygens (including phenoxy) is 1. The molecular formula is C17H18ClNO3. The maximum absolute atomic E-state index is 12.1. The number of aliphatic hydroxyl groups excluding tert-OH is 1. The van der Waals surface area contributed by atoms with Crippen molar-refractivity contribution in [1.29, 1.82) is 0 Å². The van der Waals surface area contributed by atoms with Gasteiger partial charge in [-0.1, -0.05) is 48.0 Å². The molecule has 0 heterocycles. The molecule has 2 aromatic carbocycles. The Morgan fingerprint density at radius 3 is 2.59 bits per heavy atom. The minimum absolute atomic E-state index is 0.145. The van der Waals surface area contributed by atoms with Crippen LogP contribution in [0.3, 0.4) is 0 Å². The van der Waals surface area contributed by atoms with Crippen molar-refractivity contribution in [3.63, 3.8) is 0 Å². The van der Waals surface area contributed by atoms with Gasteiger partial charge in [0.25, 0.3) is 0 Å². The normalized spacial score (nSPS) is 11.8. The van der Waals surface area contributed by atoms with Crippen LogP contribution in [0.4, 0.5) is 0 Å². The molecule has 1 amide bonds. The van der Waals surface area contributed by atoms with Crippen molar-refractivity contribution in [2.45, 2.75) is 12.5 Å². The minimum Gasteiger partial charge on any atom is -0.497 e. The van der Waals surface area contributed by atoms with Crippen molar-refractivity contribution in [3.05, 3.63) is 64.7 Å². The van der Waals surface area contributed by atoms with Gasteiger partial charge in [0.2, 0.25) is 5.91 Å². The van der Waals surface area contributed by atoms with E-state index in [1.54, 1.807) is 25.3 Å². The molecule has 0 spiro atoms. The Morgan fingerprint density at radius 1 is 1.27 bits per heavy atom. The fraction of sp³-hybridized carbons (Fsp3) is 0.235. The summed E-state index contributed by atoms with van der Waals surface area (Å²) in [6, 6.07) is 14.1. The lowest BCUT2D eigenvalue weighted by Gasteiger charge is -2.17. The zero-order valence-electron chi connectivity index (χ0n) is 12.3. The summed E-state index contributed by atoms with van der Waals surface area (Å²) < 4.78 is 5.08. The number of hydrogen-bond acceptors (Lipinski definition) is 3. The highest BCUT2D eigenvalue weighted by Gasteiger charge is 2.15. The first-order valence-electron chi connectivity index (χ1n) is 6.91. The molecule has 2 N–H and O–H groups in total. The van der Waals surface area contributed by atoms with Crippen LogP contribution in [-0.4, -0.2) is 24.7 Å². The molecule has 0 aliphatic carbocycles. The lowest BCUT2D eigenvalue weighted by Crippen LogP contribution is -2.32. The maximum atomic E-state index is 12.1. The van der Waals surface area contributed by atoms with Gasteiger partial charge in [-0.05, 0) is 23.3 Å². The third-order valence-corrected chi connectivity index (χ3v) is 3.68. The highest BCUT2D eigenvalue weighted by Crippen LogP contribution is 2.23. The monoisotopic (exact) mass is 319 g/mol. The van der Waals surface area contributed by atoms with Crippen LogP contribution >= 0.6 is 11.6 Å². The molecule has 0 aromatic heterocycles. The van der Waals surface area contributed by atoms with E-state index in [9.17, 15) is 9.90 Å². The van der Waals surface area contributed by atoms with E-state index in [1.807, 2.05) is 30.3 Å². The number of benzene rings is 2. The van der Waals surface area contributed by atoms with Crippen molar-refractivity contribution in [2.24, 2.45) is 0 Å². The molecule has 0 saturated heterocycles. The van der Waals surface area contributed by atoms with E-state index < -0.39 is 6.04 Å². The van der Waals surface area contributed by atoms with Gasteiger partial charge in [-0.2, -0.15) is 0 Å². The van der Waals surface area contributed by atoms with Gasteiger partial charge in [0.05, 0.1) is 26.2 Å². The quantitative estimate of drug-likeness (QED) is 0.860. The summed E-state index contributed by atoms with van der Waals surface area (Å²) in [5, 5.41) is 12.7. The van der Waals surface area contributed by atoms with Gasteiger partial charge in [-0.25, -0.2) is 0 Å². The van der Waals surface area contributed by atoms with E-state index in [1.165, 1.54) is 0 Å². The second kappa shape index (κ2) is 7.82. The standard InChI is InChI=1S/C17H18ClNO3/c1-22-14-8-7-13(15(18)10-14)9-17(21)19-16(11-20)12-5-3-2-4-6-12/h2-8,10,16,20H,9,11H2,1H3,(H,19,21)/t16-/m1/s1. The van der Waals surface area contributed by atoms with Crippen LogP contribution < -0.4 is 10.1 Å². The topological polar surface area (TPSA) is 58.6 Å². The molecule has 0 radical (unpaired) electrons. The van der Waals surface area contributed by atoms with E-state index >= 15 is 0 Å². The summed E-state index contributed by atoms with van der Waals surface area (Å²) >= 11 is 6.13. The molecule has 0 aliphatic heterocycles. The largest absolute Gasteiger partial charge is 0.497 e. The summed E-state index contributed by atoms with van der Waals surface area (Å²) in [7, 11) is 1.56. The predicted octanol–water partition coefficient (Wildman–Crippen LogP) is 2.74. The zero-order chi connectivity index (χ0) is 15.9. The average Bonchev–Trinajstić information content (AvgIpc) is 2.55. The number of amides is 1. The molecule has 116 valence electrons. The molecule has 4 nitrogen and oxygen atoms in total. The summed E-state index contributed by atoms with van der Waals surface area (Å²) in [6.07, 6.45) is 0.145. The van der Waals surface area contributed by atoms with Gasteiger partial charge in [0.1, 0.15) is 5.75 Å². The molecule has 2 rings (SSSR count). The third-order valence-electron chi connectivity index (χ3n) is 3.33. The van der Waals surface area contributed by atoms with Crippen molar-refractivity contribution in [3.8, 4) is 5.75 Å². The number of halogens is 1. The highest BCUT2D eigenvalue weighted by molar-refractivity contribution is 6.31. The Labute approximate surface area is 134 Å². The molecule has 5 heteroatoms. The van der Waals surface area contributed by atoms with E-state index in [-0.39, 0.29) is 18.9 Å². The lowest BCUT2D eigenvalue weighted by atomic mass is 10.1. The Bertz CT molecular complexity index is 631. The van der Waals surface area contributed by atoms with E-state index in [4.69, 9.17) is 16.3 Å². The van der Waals surface area contributed by atoms with Crippen LogP contribution in [0.2, 0.25) is 5.02 Å². The predicted molar refractivity (Wildman–Crippen MR) is 86.1 cm³/mol. The molecule has 0 fully saturated rings. The second-order valence-corrected chi connectivity index (χ2v) is 5.25. The summed E-state index contributed by atoms with van der Waals surface area (Å²) in [4.78, 5) is 12.1. The van der Waals surface area contributed by atoms with E-state index in [0.717, 1.165) is 5.56 Å². The molecule has 0 unspecified atom stereocenters. The van der Waals surface area contributed by atoms with Crippen LogP contribution in [0.1, 0.15) is 17.2 Å². The molecule has 0 saturated carbocycles. The van der Waals surface area contributed by atoms with Gasteiger partial charge in [-0.15, -0.1) is 0 Å². The van der Waals surface area contributed by atoms with Crippen molar-refractivity contribution < 1.29 is 14.6 Å². The van der Waals surface area contributed by atoms with Crippen LogP contribution in [0, 0.1) is 0 Å². The van der Waals surface area contributed by atoms with Gasteiger partial charge in [-0.3, -0.25) is 4.79 Å². The molecule has 22 heavy (non-hydrogen) atoms. The van der Waals surface area contributed by atoms with Crippen molar-refractivity contribution >= 4 is 17.5 Å². The first-order valence-corrected chi connectivity index (χ1v) is 7.29. The van der Waals surface area contributed by atoms with Crippen LogP contribution in [0.25, 0.3) is 0 Å². The number of methoxy groups -OCH3 is 1. The number of aliphatic hydroxyl groups is 1. The van der Waals surface area contributed by atoms with Crippen molar-refractivity contribution in [2.75, 3.05) is 13.7 Å². The molecule has 2 aromatic rings. The SMILES string of the molecule is COc1ccc(CC(=O)N[C@H](CO)c2ccccc2)c(Cl)c1. The van der Waals surface area contributed by atoms with Crippen LogP contribution in [0.15, 0.2) is 48.5 Å². The first-order chi connectivity index (χ1) is 10.6. The summed E-state index contributed by atoms with van der Waals surface area (Å²) in [6.45, 7) is -0.161. The third kappa shape index (κ3) is 4.23. The van der Waals surface area contributed by atoms with E-state index in [2.05, 4.69) is 5.32 Å². The molecular weight excluding hydrogens is 302 g/mol. The first kappa shape index (κ1) is 16.3. The minimum atomic E-state index is -0.425. The van der Waals surface area contributed by atoms with Crippen LogP contribution in [0.5, 0.6) is 5.75 Å². The highest BCUT2D eigenvalue weighted by atomic mass is 35.5. The maximum Gasteiger partial charge on any atom is 0.225 e. The van der Waals surface area contributed by atoms with Crippen molar-refractivity contribution in [1.82, 2.24) is 5.32 Å². The fourth-order valence-corrected chi connectivity index (χ4v) is 2.37. The van der Waals surface area contributed by atoms with Crippen LogP contribution in [-0.2, 0) is 11.2 Å². The average molecular weight is 320 g/mol. The zero-order valence-corrected chi connectivity index (χ0v) is 13.0. The number of hydrogen-bond donors (Lipinski definition) is 2. The number of rotatable bonds is 6. The van der Waals surface area contributed by atoms with Gasteiger partial charge in [0, 0.05) is 5.02 Å². The number of carbonyl (C=O) groups excluding carboxylic acids is 1. The Balaban J connectivity index is 2.03. The second-order valence-electron chi connectivity index (χ2n) is 4.85. The van der Waals surface area contributed by atoms with E-state index in [0.29, 0.717) is 16.3 Å². The summed E-state index contributed by atoms with van der Waals surface area (Å²) in [5.41, 5.74) is 1.57. The fourth-order valence-electron chi connectivity index (χ4n) is 2.14.